The van der Waals surface area contributed by atoms with Crippen LogP contribution in [0.15, 0.2) is 24.3 Å². The number of hydrogen-bond donors (Lipinski definition) is 1. The van der Waals surface area contributed by atoms with Crippen LogP contribution in [0.5, 0.6) is 0 Å². The summed E-state index contributed by atoms with van der Waals surface area (Å²) in [4.78, 5) is 2.60. The Morgan fingerprint density at radius 3 is 2.95 bits per heavy atom. The zero-order valence-corrected chi connectivity index (χ0v) is 12.6. The average Bonchev–Trinajstić information content (AvgIpc) is 2.92. The molecule has 2 unspecified atom stereocenters. The van der Waals surface area contributed by atoms with Gasteiger partial charge in [0.15, 0.2) is 0 Å². The lowest BCUT2D eigenvalue weighted by atomic mass is 10.0. The minimum Gasteiger partial charge on any atom is -0.305 e. The summed E-state index contributed by atoms with van der Waals surface area (Å²) in [5.41, 5.74) is 3.04. The summed E-state index contributed by atoms with van der Waals surface area (Å²) >= 11 is 2.05. The monoisotopic (exact) mass is 276 g/mol. The summed E-state index contributed by atoms with van der Waals surface area (Å²) in [5, 5.41) is 3.84. The van der Waals surface area contributed by atoms with E-state index in [1.165, 1.54) is 55.1 Å². The lowest BCUT2D eigenvalue weighted by molar-refractivity contribution is 0.289. The number of hydrogen-bond acceptors (Lipinski definition) is 3. The van der Waals surface area contributed by atoms with Gasteiger partial charge in [0.25, 0.3) is 0 Å². The molecule has 104 valence electrons. The molecule has 0 spiro atoms. The van der Waals surface area contributed by atoms with E-state index in [4.69, 9.17) is 0 Å². The van der Waals surface area contributed by atoms with Gasteiger partial charge in [-0.2, -0.15) is 11.8 Å². The molecular formula is C16H24N2S. The zero-order valence-electron chi connectivity index (χ0n) is 11.8. The molecule has 19 heavy (non-hydrogen) atoms. The first-order valence-corrected chi connectivity index (χ1v) is 8.62. The standard InChI is InChI=1S/C16H24N2S/c1-13(10-18-8-4-5-9-18)17-16-12-19-11-14-6-2-3-7-15(14)16/h2-3,6-7,13,16-17H,4-5,8-12H2,1H3. The third kappa shape index (κ3) is 3.33. The highest BCUT2D eigenvalue weighted by atomic mass is 32.2. The molecule has 2 nitrogen and oxygen atoms in total. The molecule has 3 rings (SSSR count). The van der Waals surface area contributed by atoms with Crippen LogP contribution in [0.4, 0.5) is 0 Å². The molecule has 1 aromatic carbocycles. The fourth-order valence-electron chi connectivity index (χ4n) is 3.27. The normalized spacial score (nSPS) is 25.2. The first-order valence-electron chi connectivity index (χ1n) is 7.47. The van der Waals surface area contributed by atoms with Gasteiger partial charge in [0.1, 0.15) is 0 Å². The molecule has 3 heteroatoms. The molecule has 1 saturated heterocycles. The van der Waals surface area contributed by atoms with Crippen molar-refractivity contribution in [2.24, 2.45) is 0 Å². The third-order valence-electron chi connectivity index (χ3n) is 4.19. The molecule has 0 bridgehead atoms. The van der Waals surface area contributed by atoms with Crippen LogP contribution in [0.2, 0.25) is 0 Å². The second-order valence-electron chi connectivity index (χ2n) is 5.84. The number of likely N-dealkylation sites (tertiary alicyclic amines) is 1. The SMILES string of the molecule is CC(CN1CCCC1)NC1CSCc2ccccc21. The lowest BCUT2D eigenvalue weighted by Crippen LogP contribution is -2.41. The van der Waals surface area contributed by atoms with Crippen LogP contribution >= 0.6 is 11.8 Å². The Hall–Kier alpha value is -0.510. The molecular weight excluding hydrogens is 252 g/mol. The number of nitrogens with one attached hydrogen (secondary N) is 1. The molecule has 0 saturated carbocycles. The van der Waals surface area contributed by atoms with E-state index in [0.717, 1.165) is 0 Å². The van der Waals surface area contributed by atoms with Crippen molar-refractivity contribution in [2.75, 3.05) is 25.4 Å². The summed E-state index contributed by atoms with van der Waals surface area (Å²) in [7, 11) is 0. The van der Waals surface area contributed by atoms with E-state index in [1.807, 2.05) is 0 Å². The average molecular weight is 276 g/mol. The van der Waals surface area contributed by atoms with Gasteiger partial charge in [-0.3, -0.25) is 0 Å². The predicted molar refractivity (Wildman–Crippen MR) is 83.6 cm³/mol. The molecule has 2 aliphatic heterocycles. The van der Waals surface area contributed by atoms with E-state index in [9.17, 15) is 0 Å². The van der Waals surface area contributed by atoms with Crippen molar-refractivity contribution in [1.29, 1.82) is 0 Å². The van der Waals surface area contributed by atoms with Gasteiger partial charge < -0.3 is 10.2 Å². The summed E-state index contributed by atoms with van der Waals surface area (Å²) in [6.45, 7) is 6.12. The van der Waals surface area contributed by atoms with Crippen molar-refractivity contribution in [3.63, 3.8) is 0 Å². The Morgan fingerprint density at radius 2 is 2.11 bits per heavy atom. The number of fused-ring (bicyclic) bond motifs is 1. The van der Waals surface area contributed by atoms with E-state index in [-0.39, 0.29) is 0 Å². The highest BCUT2D eigenvalue weighted by Gasteiger charge is 2.22. The molecule has 0 radical (unpaired) electrons. The fourth-order valence-corrected chi connectivity index (χ4v) is 4.38. The van der Waals surface area contributed by atoms with Crippen LogP contribution in [-0.2, 0) is 5.75 Å². The minimum atomic E-state index is 0.535. The Bertz CT molecular complexity index is 415. The maximum atomic E-state index is 3.84. The second kappa shape index (κ2) is 6.29. The van der Waals surface area contributed by atoms with Gasteiger partial charge in [-0.1, -0.05) is 24.3 Å². The zero-order chi connectivity index (χ0) is 13.1. The van der Waals surface area contributed by atoms with Gasteiger partial charge in [0.05, 0.1) is 0 Å². The van der Waals surface area contributed by atoms with E-state index < -0.39 is 0 Å². The number of rotatable bonds is 4. The van der Waals surface area contributed by atoms with Crippen molar-refractivity contribution in [2.45, 2.75) is 37.6 Å². The summed E-state index contributed by atoms with van der Waals surface area (Å²) in [6, 6.07) is 10.0. The third-order valence-corrected chi connectivity index (χ3v) is 5.27. The predicted octanol–water partition coefficient (Wildman–Crippen LogP) is 3.05. The van der Waals surface area contributed by atoms with Crippen molar-refractivity contribution in [3.8, 4) is 0 Å². The summed E-state index contributed by atoms with van der Waals surface area (Å²) in [5.74, 6) is 2.39. The van der Waals surface area contributed by atoms with E-state index >= 15 is 0 Å². The van der Waals surface area contributed by atoms with Crippen molar-refractivity contribution in [1.82, 2.24) is 10.2 Å². The minimum absolute atomic E-state index is 0.535. The van der Waals surface area contributed by atoms with Gasteiger partial charge >= 0.3 is 0 Å². The van der Waals surface area contributed by atoms with E-state index in [0.29, 0.717) is 12.1 Å². The molecule has 2 heterocycles. The molecule has 2 atom stereocenters. The van der Waals surface area contributed by atoms with E-state index in [2.05, 4.69) is 53.2 Å². The van der Waals surface area contributed by atoms with Crippen LogP contribution in [0, 0.1) is 0 Å². The van der Waals surface area contributed by atoms with Crippen LogP contribution in [0.25, 0.3) is 0 Å². The second-order valence-corrected chi connectivity index (χ2v) is 6.87. The lowest BCUT2D eigenvalue weighted by Gasteiger charge is -2.30. The van der Waals surface area contributed by atoms with Crippen LogP contribution in [0.1, 0.15) is 36.9 Å². The summed E-state index contributed by atoms with van der Waals surface area (Å²) in [6.07, 6.45) is 2.77. The van der Waals surface area contributed by atoms with Gasteiger partial charge in [-0.05, 0) is 44.0 Å². The van der Waals surface area contributed by atoms with Gasteiger partial charge in [-0.25, -0.2) is 0 Å². The van der Waals surface area contributed by atoms with Crippen molar-refractivity contribution >= 4 is 11.8 Å². The first-order chi connectivity index (χ1) is 9.33. The van der Waals surface area contributed by atoms with Crippen molar-refractivity contribution in [3.05, 3.63) is 35.4 Å². The molecule has 1 aromatic rings. The summed E-state index contributed by atoms with van der Waals surface area (Å²) < 4.78 is 0. The number of benzene rings is 1. The van der Waals surface area contributed by atoms with Gasteiger partial charge in [-0.15, -0.1) is 0 Å². The topological polar surface area (TPSA) is 15.3 Å². The molecule has 2 aliphatic rings. The van der Waals surface area contributed by atoms with Crippen LogP contribution < -0.4 is 5.32 Å². The molecule has 0 amide bonds. The van der Waals surface area contributed by atoms with Crippen LogP contribution in [-0.4, -0.2) is 36.3 Å². The molecule has 1 fully saturated rings. The Balaban J connectivity index is 1.60. The van der Waals surface area contributed by atoms with E-state index in [1.54, 1.807) is 0 Å². The quantitative estimate of drug-likeness (QED) is 0.910. The van der Waals surface area contributed by atoms with Gasteiger partial charge in [0, 0.05) is 30.1 Å². The fraction of sp³-hybridized carbons (Fsp3) is 0.625. The van der Waals surface area contributed by atoms with Gasteiger partial charge in [0.2, 0.25) is 0 Å². The maximum absolute atomic E-state index is 3.84. The van der Waals surface area contributed by atoms with Crippen LogP contribution in [0.3, 0.4) is 0 Å². The molecule has 1 N–H and O–H groups in total. The number of thioether (sulfide) groups is 1. The molecule has 0 aliphatic carbocycles. The highest BCUT2D eigenvalue weighted by Crippen LogP contribution is 2.31. The Kier molecular flexibility index (Phi) is 4.46. The first kappa shape index (κ1) is 13.5. The maximum Gasteiger partial charge on any atom is 0.0417 e. The molecule has 0 aromatic heterocycles. The Labute approximate surface area is 121 Å². The largest absolute Gasteiger partial charge is 0.305 e. The Morgan fingerprint density at radius 1 is 1.32 bits per heavy atom. The van der Waals surface area contributed by atoms with Crippen molar-refractivity contribution < 1.29 is 0 Å². The highest BCUT2D eigenvalue weighted by molar-refractivity contribution is 7.98. The number of nitrogens with zero attached hydrogens (tertiary/aromatic N) is 1. The smallest absolute Gasteiger partial charge is 0.0417 e.